The fourth-order valence-electron chi connectivity index (χ4n) is 3.06. The van der Waals surface area contributed by atoms with Crippen LogP contribution in [0.15, 0.2) is 23.7 Å². The van der Waals surface area contributed by atoms with E-state index in [4.69, 9.17) is 5.73 Å². The van der Waals surface area contributed by atoms with Gasteiger partial charge in [0, 0.05) is 37.3 Å². The van der Waals surface area contributed by atoms with Gasteiger partial charge < -0.3 is 16.0 Å². The number of thiophene rings is 1. The number of carbonyl (C=O) groups is 2. The van der Waals surface area contributed by atoms with E-state index in [1.54, 1.807) is 17.6 Å². The van der Waals surface area contributed by atoms with Crippen LogP contribution in [0.4, 0.5) is 5.00 Å². The molecular formula is C16H21N5O2S. The molecule has 1 fully saturated rings. The molecule has 0 radical (unpaired) electrons. The highest BCUT2D eigenvalue weighted by atomic mass is 32.1. The van der Waals surface area contributed by atoms with Crippen molar-refractivity contribution in [2.75, 3.05) is 25.0 Å². The molecule has 3 heterocycles. The first-order valence-corrected chi connectivity index (χ1v) is 8.90. The summed E-state index contributed by atoms with van der Waals surface area (Å²) in [4.78, 5) is 25.7. The molecule has 4 N–H and O–H groups in total. The summed E-state index contributed by atoms with van der Waals surface area (Å²) in [5.41, 5.74) is 6.81. The Balaban J connectivity index is 1.49. The van der Waals surface area contributed by atoms with Gasteiger partial charge in [0.05, 0.1) is 5.56 Å². The Kier molecular flexibility index (Phi) is 5.27. The van der Waals surface area contributed by atoms with E-state index >= 15 is 0 Å². The van der Waals surface area contributed by atoms with Crippen LogP contribution in [0.5, 0.6) is 0 Å². The van der Waals surface area contributed by atoms with Crippen molar-refractivity contribution in [2.45, 2.75) is 25.2 Å². The van der Waals surface area contributed by atoms with E-state index < -0.39 is 5.91 Å². The standard InChI is InChI=1S/C16H21N5O2S/c17-15(23)12-5-9-24-16(12)19-14(22)4-8-21-7-1-2-11(10-21)13-3-6-18-20-13/h3,5-6,9,11H,1-2,4,7-8,10H2,(H2,17,23)(H,18,20)(H,19,22)/t11-/m0/s1. The zero-order valence-corrected chi connectivity index (χ0v) is 14.1. The largest absolute Gasteiger partial charge is 0.366 e. The minimum Gasteiger partial charge on any atom is -0.366 e. The molecule has 2 amide bonds. The summed E-state index contributed by atoms with van der Waals surface area (Å²) < 4.78 is 0. The maximum absolute atomic E-state index is 12.1. The Morgan fingerprint density at radius 3 is 3.08 bits per heavy atom. The van der Waals surface area contributed by atoms with Crippen molar-refractivity contribution in [1.29, 1.82) is 0 Å². The summed E-state index contributed by atoms with van der Waals surface area (Å²) in [6, 6.07) is 3.64. The van der Waals surface area contributed by atoms with Gasteiger partial charge in [-0.05, 0) is 36.9 Å². The molecule has 0 spiro atoms. The van der Waals surface area contributed by atoms with Gasteiger partial charge in [0.2, 0.25) is 5.91 Å². The normalized spacial score (nSPS) is 18.4. The fourth-order valence-corrected chi connectivity index (χ4v) is 3.86. The molecule has 1 aliphatic rings. The van der Waals surface area contributed by atoms with E-state index in [1.165, 1.54) is 11.3 Å². The second kappa shape index (κ2) is 7.59. The van der Waals surface area contributed by atoms with Crippen molar-refractivity contribution >= 4 is 28.2 Å². The Morgan fingerprint density at radius 2 is 2.33 bits per heavy atom. The summed E-state index contributed by atoms with van der Waals surface area (Å²) in [5.74, 6) is -0.170. The number of piperidine rings is 1. The zero-order chi connectivity index (χ0) is 16.9. The van der Waals surface area contributed by atoms with Gasteiger partial charge in [-0.1, -0.05) is 0 Å². The van der Waals surface area contributed by atoms with Gasteiger partial charge in [-0.3, -0.25) is 14.7 Å². The lowest BCUT2D eigenvalue weighted by molar-refractivity contribution is -0.116. The molecule has 2 aromatic rings. The van der Waals surface area contributed by atoms with E-state index in [0.717, 1.165) is 31.6 Å². The van der Waals surface area contributed by atoms with Gasteiger partial charge >= 0.3 is 0 Å². The molecule has 1 atom stereocenters. The van der Waals surface area contributed by atoms with Crippen LogP contribution >= 0.6 is 11.3 Å². The van der Waals surface area contributed by atoms with Crippen molar-refractivity contribution in [3.63, 3.8) is 0 Å². The number of anilines is 1. The Labute approximate surface area is 144 Å². The number of amides is 2. The summed E-state index contributed by atoms with van der Waals surface area (Å²) in [5, 5.41) is 12.1. The number of aromatic amines is 1. The van der Waals surface area contributed by atoms with E-state index in [0.29, 0.717) is 29.4 Å². The molecule has 24 heavy (non-hydrogen) atoms. The van der Waals surface area contributed by atoms with Crippen LogP contribution in [0.25, 0.3) is 0 Å². The molecule has 3 rings (SSSR count). The average Bonchev–Trinajstić information content (AvgIpc) is 3.25. The number of likely N-dealkylation sites (tertiary alicyclic amines) is 1. The van der Waals surface area contributed by atoms with Gasteiger partial charge in [0.15, 0.2) is 0 Å². The minimum absolute atomic E-state index is 0.0939. The number of nitrogens with two attached hydrogens (primary N) is 1. The van der Waals surface area contributed by atoms with Crippen LogP contribution < -0.4 is 11.1 Å². The van der Waals surface area contributed by atoms with Crippen molar-refractivity contribution in [1.82, 2.24) is 15.1 Å². The topological polar surface area (TPSA) is 104 Å². The Morgan fingerprint density at radius 1 is 1.46 bits per heavy atom. The Bertz CT molecular complexity index is 697. The molecule has 0 unspecified atom stereocenters. The van der Waals surface area contributed by atoms with E-state index in [9.17, 15) is 9.59 Å². The number of hydrogen-bond donors (Lipinski definition) is 3. The number of aromatic nitrogens is 2. The number of nitrogens with one attached hydrogen (secondary N) is 2. The summed E-state index contributed by atoms with van der Waals surface area (Å²) >= 11 is 1.31. The quantitative estimate of drug-likeness (QED) is 0.741. The number of nitrogens with zero attached hydrogens (tertiary/aromatic N) is 2. The van der Waals surface area contributed by atoms with Gasteiger partial charge in [-0.25, -0.2) is 0 Å². The number of primary amides is 1. The molecule has 1 saturated heterocycles. The zero-order valence-electron chi connectivity index (χ0n) is 13.3. The van der Waals surface area contributed by atoms with Gasteiger partial charge in [-0.15, -0.1) is 11.3 Å². The molecule has 7 nitrogen and oxygen atoms in total. The monoisotopic (exact) mass is 347 g/mol. The SMILES string of the molecule is NC(=O)c1ccsc1NC(=O)CCN1CCC[C@H](c2ccn[nH]2)C1. The van der Waals surface area contributed by atoms with Gasteiger partial charge in [0.1, 0.15) is 5.00 Å². The third kappa shape index (κ3) is 4.01. The molecule has 0 saturated carbocycles. The maximum Gasteiger partial charge on any atom is 0.251 e. The smallest absolute Gasteiger partial charge is 0.251 e. The molecule has 0 aliphatic carbocycles. The first kappa shape index (κ1) is 16.7. The molecule has 1 aliphatic heterocycles. The van der Waals surface area contributed by atoms with Crippen LogP contribution in [0.2, 0.25) is 0 Å². The second-order valence-electron chi connectivity index (χ2n) is 5.98. The molecule has 0 aromatic carbocycles. The van der Waals surface area contributed by atoms with E-state index in [-0.39, 0.29) is 5.91 Å². The van der Waals surface area contributed by atoms with Crippen LogP contribution in [0, 0.1) is 0 Å². The third-order valence-electron chi connectivity index (χ3n) is 4.31. The highest BCUT2D eigenvalue weighted by Crippen LogP contribution is 2.26. The first-order chi connectivity index (χ1) is 11.6. The summed E-state index contributed by atoms with van der Waals surface area (Å²) in [7, 11) is 0. The van der Waals surface area contributed by atoms with E-state index in [2.05, 4.69) is 20.4 Å². The maximum atomic E-state index is 12.1. The van der Waals surface area contributed by atoms with Crippen LogP contribution in [0.1, 0.15) is 41.2 Å². The molecule has 0 bridgehead atoms. The second-order valence-corrected chi connectivity index (χ2v) is 6.89. The van der Waals surface area contributed by atoms with Crippen LogP contribution in [-0.2, 0) is 4.79 Å². The number of hydrogen-bond acceptors (Lipinski definition) is 5. The number of H-pyrrole nitrogens is 1. The fraction of sp³-hybridized carbons (Fsp3) is 0.438. The van der Waals surface area contributed by atoms with Gasteiger partial charge in [0.25, 0.3) is 5.91 Å². The highest BCUT2D eigenvalue weighted by Gasteiger charge is 2.22. The van der Waals surface area contributed by atoms with Crippen LogP contribution in [0.3, 0.4) is 0 Å². The lowest BCUT2D eigenvalue weighted by Crippen LogP contribution is -2.36. The summed E-state index contributed by atoms with van der Waals surface area (Å²) in [6.07, 6.45) is 4.43. The molecule has 2 aromatic heterocycles. The van der Waals surface area contributed by atoms with Crippen molar-refractivity contribution < 1.29 is 9.59 Å². The van der Waals surface area contributed by atoms with Crippen molar-refractivity contribution in [3.8, 4) is 0 Å². The van der Waals surface area contributed by atoms with Crippen molar-refractivity contribution in [2.24, 2.45) is 5.73 Å². The number of carbonyl (C=O) groups excluding carboxylic acids is 2. The lowest BCUT2D eigenvalue weighted by atomic mass is 9.95. The number of rotatable bonds is 6. The van der Waals surface area contributed by atoms with Crippen LogP contribution in [-0.4, -0.2) is 46.5 Å². The minimum atomic E-state index is -0.523. The van der Waals surface area contributed by atoms with Gasteiger partial charge in [-0.2, -0.15) is 5.10 Å². The van der Waals surface area contributed by atoms with E-state index in [1.807, 2.05) is 6.07 Å². The summed E-state index contributed by atoms with van der Waals surface area (Å²) in [6.45, 7) is 2.64. The highest BCUT2D eigenvalue weighted by molar-refractivity contribution is 7.14. The third-order valence-corrected chi connectivity index (χ3v) is 5.14. The Hall–Kier alpha value is -2.19. The predicted octanol–water partition coefficient (Wildman–Crippen LogP) is 1.78. The predicted molar refractivity (Wildman–Crippen MR) is 93.1 cm³/mol. The molecule has 128 valence electrons. The molecular weight excluding hydrogens is 326 g/mol. The molecule has 8 heteroatoms. The van der Waals surface area contributed by atoms with Crippen molar-refractivity contribution in [3.05, 3.63) is 35.0 Å². The average molecular weight is 347 g/mol. The first-order valence-electron chi connectivity index (χ1n) is 8.02. The lowest BCUT2D eigenvalue weighted by Gasteiger charge is -2.31.